The maximum absolute atomic E-state index is 13.5. The molecule has 0 saturated carbocycles. The Bertz CT molecular complexity index is 985. The van der Waals surface area contributed by atoms with Crippen molar-refractivity contribution < 1.29 is 29.0 Å². The molecule has 266 valence electrons. The second kappa shape index (κ2) is 23.6. The lowest BCUT2D eigenvalue weighted by Gasteiger charge is -2.26. The minimum absolute atomic E-state index is 0.107. The van der Waals surface area contributed by atoms with Gasteiger partial charge in [-0.2, -0.15) is 0 Å². The van der Waals surface area contributed by atoms with Crippen LogP contribution in [0.4, 0.5) is 0 Å². The first-order valence-electron chi connectivity index (χ1n) is 15.8. The summed E-state index contributed by atoms with van der Waals surface area (Å²) in [7, 11) is 0. The lowest BCUT2D eigenvalue weighted by molar-refractivity contribution is -0.134. The van der Waals surface area contributed by atoms with Gasteiger partial charge in [-0.15, -0.1) is 0 Å². The molecule has 0 aliphatic rings. The maximum Gasteiger partial charge on any atom is 0.243 e. The Morgan fingerprint density at radius 3 is 1.65 bits per heavy atom. The summed E-state index contributed by atoms with van der Waals surface area (Å²) in [6.07, 6.45) is 2.18. The third-order valence-corrected chi connectivity index (χ3v) is 6.70. The number of hydrogen-bond acceptors (Lipinski definition) is 9. The number of carbonyl (C=O) groups is 4. The van der Waals surface area contributed by atoms with Crippen molar-refractivity contribution in [2.75, 3.05) is 32.9 Å². The minimum atomic E-state index is -1.11. The molecule has 46 heavy (non-hydrogen) atoms. The molecule has 0 fully saturated rings. The molecule has 0 aromatic heterocycles. The number of aliphatic hydroxyl groups excluding tert-OH is 1. The van der Waals surface area contributed by atoms with Crippen LogP contribution in [-0.2, 0) is 23.9 Å². The fourth-order valence-corrected chi connectivity index (χ4v) is 4.10. The van der Waals surface area contributed by atoms with Gasteiger partial charge >= 0.3 is 0 Å². The van der Waals surface area contributed by atoms with E-state index >= 15 is 0 Å². The molecule has 0 rings (SSSR count). The number of aliphatic imine (C=N–C) groups is 2. The SMILES string of the molecule is CC(C)CCOC[C@H](CO)NC(=O)[C@H](C)NC(=O)[C@H](CCCN=C(N)N)NC(=O)[C@H](CCCN=C(N)N)NC(=O)[C@@H](N)CC(C)C. The zero-order chi connectivity index (χ0) is 35.2. The monoisotopic (exact) mass is 657 g/mol. The Morgan fingerprint density at radius 1 is 0.696 bits per heavy atom. The number of nitrogens with two attached hydrogens (primary N) is 5. The summed E-state index contributed by atoms with van der Waals surface area (Å²) in [5, 5.41) is 20.3. The lowest BCUT2D eigenvalue weighted by Crippen LogP contribution is -2.58. The van der Waals surface area contributed by atoms with Crippen molar-refractivity contribution in [1.82, 2.24) is 21.3 Å². The Labute approximate surface area is 272 Å². The summed E-state index contributed by atoms with van der Waals surface area (Å²) in [4.78, 5) is 60.2. The van der Waals surface area contributed by atoms with Crippen LogP contribution in [0.1, 0.15) is 73.1 Å². The molecule has 0 bridgehead atoms. The van der Waals surface area contributed by atoms with Crippen molar-refractivity contribution in [3.63, 3.8) is 0 Å². The highest BCUT2D eigenvalue weighted by Crippen LogP contribution is 2.07. The van der Waals surface area contributed by atoms with E-state index in [0.717, 1.165) is 6.42 Å². The van der Waals surface area contributed by atoms with Gasteiger partial charge in [0.2, 0.25) is 23.6 Å². The number of rotatable bonds is 24. The van der Waals surface area contributed by atoms with Gasteiger partial charge in [0.1, 0.15) is 18.1 Å². The van der Waals surface area contributed by atoms with E-state index in [1.165, 1.54) is 6.92 Å². The van der Waals surface area contributed by atoms with Crippen LogP contribution in [0.25, 0.3) is 0 Å². The van der Waals surface area contributed by atoms with Gasteiger partial charge in [-0.3, -0.25) is 29.2 Å². The van der Waals surface area contributed by atoms with Crippen molar-refractivity contribution in [2.45, 2.75) is 103 Å². The van der Waals surface area contributed by atoms with Crippen molar-refractivity contribution in [2.24, 2.45) is 50.5 Å². The summed E-state index contributed by atoms with van der Waals surface area (Å²) in [6, 6.07) is -4.67. The summed E-state index contributed by atoms with van der Waals surface area (Å²) >= 11 is 0. The van der Waals surface area contributed by atoms with E-state index in [1.807, 2.05) is 13.8 Å². The lowest BCUT2D eigenvalue weighted by atomic mass is 10.0. The normalized spacial score (nSPS) is 14.4. The summed E-state index contributed by atoms with van der Waals surface area (Å²) in [6.45, 7) is 10.1. The van der Waals surface area contributed by atoms with Gasteiger partial charge in [0, 0.05) is 19.7 Å². The van der Waals surface area contributed by atoms with Gasteiger partial charge in [-0.25, -0.2) is 0 Å². The molecule has 0 aliphatic carbocycles. The molecule has 0 heterocycles. The average Bonchev–Trinajstić information content (AvgIpc) is 2.96. The van der Waals surface area contributed by atoms with Crippen LogP contribution in [0.5, 0.6) is 0 Å². The average molecular weight is 658 g/mol. The highest BCUT2D eigenvalue weighted by Gasteiger charge is 2.29. The molecule has 0 saturated heterocycles. The van der Waals surface area contributed by atoms with Gasteiger partial charge in [0.15, 0.2) is 11.9 Å². The van der Waals surface area contributed by atoms with E-state index in [2.05, 4.69) is 45.1 Å². The number of ether oxygens (including phenoxy) is 1. The second-order valence-electron chi connectivity index (χ2n) is 12.1. The van der Waals surface area contributed by atoms with E-state index in [-0.39, 0.29) is 57.0 Å². The maximum atomic E-state index is 13.5. The number of carbonyl (C=O) groups excluding carboxylic acids is 4. The molecule has 0 aromatic rings. The number of nitrogens with zero attached hydrogens (tertiary/aromatic N) is 2. The Hall–Kier alpha value is -3.70. The highest BCUT2D eigenvalue weighted by atomic mass is 16.5. The van der Waals surface area contributed by atoms with Crippen molar-refractivity contribution in [3.05, 3.63) is 0 Å². The first-order chi connectivity index (χ1) is 21.6. The van der Waals surface area contributed by atoms with Crippen molar-refractivity contribution in [1.29, 1.82) is 0 Å². The molecule has 15 N–H and O–H groups in total. The predicted molar refractivity (Wildman–Crippen MR) is 178 cm³/mol. The quantitative estimate of drug-likeness (QED) is 0.0293. The molecule has 5 atom stereocenters. The topological polar surface area (TPSA) is 301 Å². The molecule has 17 heteroatoms. The van der Waals surface area contributed by atoms with Crippen molar-refractivity contribution in [3.8, 4) is 0 Å². The van der Waals surface area contributed by atoms with Gasteiger partial charge in [0.05, 0.1) is 25.3 Å². The number of nitrogens with one attached hydrogen (secondary N) is 4. The molecule has 0 spiro atoms. The van der Waals surface area contributed by atoms with Crippen LogP contribution in [0.15, 0.2) is 9.98 Å². The number of amides is 4. The molecule has 4 amide bonds. The first kappa shape index (κ1) is 42.3. The third kappa shape index (κ3) is 20.4. The fourth-order valence-electron chi connectivity index (χ4n) is 4.10. The first-order valence-corrected chi connectivity index (χ1v) is 15.8. The number of aliphatic hydroxyl groups is 1. The molecule has 0 radical (unpaired) electrons. The Morgan fingerprint density at radius 2 is 1.20 bits per heavy atom. The Kier molecular flexibility index (Phi) is 21.7. The smallest absolute Gasteiger partial charge is 0.243 e. The largest absolute Gasteiger partial charge is 0.394 e. The highest BCUT2D eigenvalue weighted by molar-refractivity contribution is 5.94. The van der Waals surface area contributed by atoms with Crippen LogP contribution in [0.2, 0.25) is 0 Å². The van der Waals surface area contributed by atoms with Crippen LogP contribution in [0, 0.1) is 11.8 Å². The van der Waals surface area contributed by atoms with Gasteiger partial charge in [-0.05, 0) is 57.3 Å². The van der Waals surface area contributed by atoms with E-state index in [4.69, 9.17) is 33.4 Å². The molecule has 17 nitrogen and oxygen atoms in total. The molecular weight excluding hydrogens is 598 g/mol. The van der Waals surface area contributed by atoms with Gasteiger partial charge in [-0.1, -0.05) is 27.7 Å². The fraction of sp³-hybridized carbons (Fsp3) is 0.793. The summed E-state index contributed by atoms with van der Waals surface area (Å²) in [5.74, 6) is -1.96. The summed E-state index contributed by atoms with van der Waals surface area (Å²) in [5.41, 5.74) is 27.6. The van der Waals surface area contributed by atoms with E-state index < -0.39 is 53.8 Å². The van der Waals surface area contributed by atoms with E-state index in [9.17, 15) is 24.3 Å². The van der Waals surface area contributed by atoms with Gasteiger partial charge < -0.3 is 59.8 Å². The molecule has 0 unspecified atom stereocenters. The van der Waals surface area contributed by atoms with Crippen LogP contribution in [-0.4, -0.2) is 104 Å². The molecular formula is C29H59N11O6. The van der Waals surface area contributed by atoms with E-state index in [0.29, 0.717) is 31.8 Å². The van der Waals surface area contributed by atoms with Crippen LogP contribution < -0.4 is 49.9 Å². The number of guanidine groups is 2. The van der Waals surface area contributed by atoms with Gasteiger partial charge in [0.25, 0.3) is 0 Å². The number of hydrogen-bond donors (Lipinski definition) is 10. The zero-order valence-corrected chi connectivity index (χ0v) is 28.1. The molecule has 0 aromatic carbocycles. The molecule has 0 aliphatic heterocycles. The third-order valence-electron chi connectivity index (χ3n) is 6.70. The van der Waals surface area contributed by atoms with E-state index in [1.54, 1.807) is 0 Å². The zero-order valence-electron chi connectivity index (χ0n) is 28.1. The second-order valence-corrected chi connectivity index (χ2v) is 12.1. The summed E-state index contributed by atoms with van der Waals surface area (Å²) < 4.78 is 5.55. The predicted octanol–water partition coefficient (Wildman–Crippen LogP) is -2.52. The Balaban J connectivity index is 5.67. The minimum Gasteiger partial charge on any atom is -0.394 e. The van der Waals surface area contributed by atoms with Crippen LogP contribution >= 0.6 is 0 Å². The van der Waals surface area contributed by atoms with Crippen LogP contribution in [0.3, 0.4) is 0 Å². The van der Waals surface area contributed by atoms with Crippen molar-refractivity contribution >= 4 is 35.5 Å². The standard InChI is InChI=1S/C29H59N11O6/c1-17(2)10-13-46-16-20(15-41)38-24(42)19(5)37-26(44)22(8-6-11-35-28(31)32)40-27(45)23(9-7-12-36-29(33)34)39-25(43)21(30)14-18(3)4/h17-23,41H,6-16,30H2,1-5H3,(H,37,44)(H,38,42)(H,39,43)(H,40,45)(H4,31,32,35)(H4,33,34,36)/t19-,20-,21-,22-,23-/m0/s1.